The van der Waals surface area contributed by atoms with E-state index in [2.05, 4.69) is 10.3 Å². The molecule has 4 unspecified atom stereocenters. The number of anilines is 1. The molecule has 0 aromatic carbocycles. The first-order valence-electron chi connectivity index (χ1n) is 6.81. The molecule has 8 heteroatoms. The average Bonchev–Trinajstić information content (AvgIpc) is 2.51. The highest BCUT2D eigenvalue weighted by atomic mass is 16.6. The highest BCUT2D eigenvalue weighted by Crippen LogP contribution is 2.38. The van der Waals surface area contributed by atoms with Gasteiger partial charge >= 0.3 is 5.69 Å². The van der Waals surface area contributed by atoms with Gasteiger partial charge in [0, 0.05) is 24.6 Å². The van der Waals surface area contributed by atoms with E-state index in [9.17, 15) is 10.1 Å². The lowest BCUT2D eigenvalue weighted by molar-refractivity contribution is -0.385. The van der Waals surface area contributed by atoms with Gasteiger partial charge in [0.1, 0.15) is 11.9 Å². The maximum absolute atomic E-state index is 10.8. The number of nitrogens with two attached hydrogens (primary N) is 1. The predicted octanol–water partition coefficient (Wildman–Crippen LogP) is 0.778. The second-order valence-electron chi connectivity index (χ2n) is 5.32. The molecule has 2 heterocycles. The number of nitrogens with zero attached hydrogens (tertiary/aromatic N) is 3. The smallest absolute Gasteiger partial charge is 0.305 e. The van der Waals surface area contributed by atoms with Crippen LogP contribution < -0.4 is 11.1 Å². The minimum Gasteiger partial charge on any atom is -0.376 e. The highest BCUT2D eigenvalue weighted by Gasteiger charge is 2.50. The van der Waals surface area contributed by atoms with Crippen molar-refractivity contribution in [3.05, 3.63) is 27.9 Å². The lowest BCUT2D eigenvalue weighted by Gasteiger charge is -2.52. The maximum Gasteiger partial charge on any atom is 0.305 e. The summed E-state index contributed by atoms with van der Waals surface area (Å²) in [7, 11) is 0. The Morgan fingerprint density at radius 2 is 2.38 bits per heavy atom. The fourth-order valence-corrected chi connectivity index (χ4v) is 3.06. The van der Waals surface area contributed by atoms with Gasteiger partial charge in [-0.05, 0) is 18.9 Å². The molecule has 0 radical (unpaired) electrons. The molecule has 3 N–H and O–H groups in total. The minimum absolute atomic E-state index is 0.0298. The van der Waals surface area contributed by atoms with E-state index >= 15 is 0 Å². The summed E-state index contributed by atoms with van der Waals surface area (Å²) in [6, 6.07) is 4.40. The molecule has 1 saturated heterocycles. The largest absolute Gasteiger partial charge is 0.376 e. The molecule has 0 spiro atoms. The summed E-state index contributed by atoms with van der Waals surface area (Å²) in [5, 5.41) is 22.9. The van der Waals surface area contributed by atoms with Crippen molar-refractivity contribution in [3.8, 4) is 6.07 Å². The van der Waals surface area contributed by atoms with Gasteiger partial charge in [-0.25, -0.2) is 4.98 Å². The SMILES string of the molecule is N#Cc1nc(NC2C(N)C3CCCOC32)ccc1[N+](=O)[O-]. The standard InChI is InChI=1S/C13H15N5O3/c14-6-8-9(18(19)20)3-4-10(16-8)17-12-11(15)7-2-1-5-21-13(7)12/h3-4,7,11-13H,1-2,5,15H2,(H,16,17). The first-order valence-corrected chi connectivity index (χ1v) is 6.81. The Kier molecular flexibility index (Phi) is 3.45. The third-order valence-electron chi connectivity index (χ3n) is 4.17. The predicted molar refractivity (Wildman–Crippen MR) is 73.5 cm³/mol. The second-order valence-corrected chi connectivity index (χ2v) is 5.32. The Morgan fingerprint density at radius 3 is 3.10 bits per heavy atom. The summed E-state index contributed by atoms with van der Waals surface area (Å²) in [5.41, 5.74) is 5.62. The zero-order valence-corrected chi connectivity index (χ0v) is 11.2. The van der Waals surface area contributed by atoms with Gasteiger partial charge in [-0.3, -0.25) is 10.1 Å². The van der Waals surface area contributed by atoms with Crippen LogP contribution in [-0.2, 0) is 4.74 Å². The maximum atomic E-state index is 10.8. The van der Waals surface area contributed by atoms with Gasteiger partial charge in [-0.2, -0.15) is 5.26 Å². The normalized spacial score (nSPS) is 30.7. The molecule has 4 atom stereocenters. The summed E-state index contributed by atoms with van der Waals surface area (Å²) in [6.45, 7) is 0.725. The van der Waals surface area contributed by atoms with E-state index in [1.807, 2.05) is 0 Å². The number of hydrogen-bond donors (Lipinski definition) is 2. The molecule has 1 saturated carbocycles. The van der Waals surface area contributed by atoms with Crippen LogP contribution in [0.4, 0.5) is 11.5 Å². The zero-order valence-electron chi connectivity index (χ0n) is 11.2. The van der Waals surface area contributed by atoms with Crippen LogP contribution in [0.1, 0.15) is 18.5 Å². The Labute approximate surface area is 121 Å². The average molecular weight is 289 g/mol. The van der Waals surface area contributed by atoms with Crippen molar-refractivity contribution in [2.24, 2.45) is 11.7 Å². The topological polar surface area (TPSA) is 127 Å². The third-order valence-corrected chi connectivity index (χ3v) is 4.17. The van der Waals surface area contributed by atoms with E-state index in [0.717, 1.165) is 19.4 Å². The first kappa shape index (κ1) is 13.7. The van der Waals surface area contributed by atoms with Gasteiger partial charge in [0.15, 0.2) is 0 Å². The molecule has 1 aliphatic carbocycles. The van der Waals surface area contributed by atoms with Gasteiger partial charge in [-0.15, -0.1) is 0 Å². The number of pyridine rings is 1. The Hall–Kier alpha value is -2.24. The first-order chi connectivity index (χ1) is 10.1. The molecular formula is C13H15N5O3. The minimum atomic E-state index is -0.620. The molecule has 2 fully saturated rings. The molecule has 8 nitrogen and oxygen atoms in total. The van der Waals surface area contributed by atoms with Crippen LogP contribution in [0.15, 0.2) is 12.1 Å². The summed E-state index contributed by atoms with van der Waals surface area (Å²) in [4.78, 5) is 14.1. The second kappa shape index (κ2) is 5.27. The molecule has 1 aromatic rings. The van der Waals surface area contributed by atoms with Gasteiger partial charge < -0.3 is 15.8 Å². The number of hydrogen-bond acceptors (Lipinski definition) is 7. The van der Waals surface area contributed by atoms with E-state index in [1.165, 1.54) is 12.1 Å². The Morgan fingerprint density at radius 1 is 1.57 bits per heavy atom. The molecule has 110 valence electrons. The van der Waals surface area contributed by atoms with Crippen molar-refractivity contribution >= 4 is 11.5 Å². The van der Waals surface area contributed by atoms with Crippen LogP contribution in [0, 0.1) is 27.4 Å². The molecule has 2 aliphatic rings. The van der Waals surface area contributed by atoms with Crippen molar-refractivity contribution in [1.29, 1.82) is 5.26 Å². The van der Waals surface area contributed by atoms with Gasteiger partial charge in [0.2, 0.25) is 5.69 Å². The fraction of sp³-hybridized carbons (Fsp3) is 0.538. The number of nitriles is 1. The molecule has 0 amide bonds. The van der Waals surface area contributed by atoms with Crippen LogP contribution in [-0.4, -0.2) is 34.7 Å². The highest BCUT2D eigenvalue weighted by molar-refractivity contribution is 5.51. The summed E-state index contributed by atoms with van der Waals surface area (Å²) >= 11 is 0. The number of ether oxygens (including phenoxy) is 1. The fourth-order valence-electron chi connectivity index (χ4n) is 3.06. The van der Waals surface area contributed by atoms with Crippen LogP contribution >= 0.6 is 0 Å². The van der Waals surface area contributed by atoms with E-state index < -0.39 is 4.92 Å². The van der Waals surface area contributed by atoms with Gasteiger partial charge in [0.05, 0.1) is 17.1 Å². The third kappa shape index (κ3) is 2.30. The molecule has 1 aromatic heterocycles. The van der Waals surface area contributed by atoms with Crippen LogP contribution in [0.25, 0.3) is 0 Å². The summed E-state index contributed by atoms with van der Waals surface area (Å²) in [5.74, 6) is 0.759. The number of nitro groups is 1. The van der Waals surface area contributed by atoms with E-state index in [-0.39, 0.29) is 29.6 Å². The summed E-state index contributed by atoms with van der Waals surface area (Å²) < 4.78 is 5.71. The molecule has 3 rings (SSSR count). The number of rotatable bonds is 3. The van der Waals surface area contributed by atoms with Crippen LogP contribution in [0.5, 0.6) is 0 Å². The Bertz CT molecular complexity index is 614. The van der Waals surface area contributed by atoms with Gasteiger partial charge in [-0.1, -0.05) is 0 Å². The van der Waals surface area contributed by atoms with Crippen molar-refractivity contribution in [1.82, 2.24) is 4.98 Å². The van der Waals surface area contributed by atoms with Crippen LogP contribution in [0.3, 0.4) is 0 Å². The van der Waals surface area contributed by atoms with Crippen molar-refractivity contribution in [2.45, 2.75) is 31.0 Å². The monoisotopic (exact) mass is 289 g/mol. The lowest BCUT2D eigenvalue weighted by Crippen LogP contribution is -2.69. The van der Waals surface area contributed by atoms with Crippen molar-refractivity contribution in [2.75, 3.05) is 11.9 Å². The number of aromatic nitrogens is 1. The van der Waals surface area contributed by atoms with E-state index in [4.69, 9.17) is 15.7 Å². The number of fused-ring (bicyclic) bond motifs is 1. The van der Waals surface area contributed by atoms with Crippen molar-refractivity contribution in [3.63, 3.8) is 0 Å². The molecular weight excluding hydrogens is 274 g/mol. The molecule has 21 heavy (non-hydrogen) atoms. The summed E-state index contributed by atoms with van der Waals surface area (Å²) in [6.07, 6.45) is 2.13. The lowest BCUT2D eigenvalue weighted by atomic mass is 9.68. The van der Waals surface area contributed by atoms with Gasteiger partial charge in [0.25, 0.3) is 0 Å². The molecule has 1 aliphatic heterocycles. The van der Waals surface area contributed by atoms with E-state index in [0.29, 0.717) is 11.7 Å². The van der Waals surface area contributed by atoms with Crippen molar-refractivity contribution < 1.29 is 9.66 Å². The number of nitrogens with one attached hydrogen (secondary N) is 1. The Balaban J connectivity index is 1.77. The van der Waals surface area contributed by atoms with E-state index in [1.54, 1.807) is 6.07 Å². The quantitative estimate of drug-likeness (QED) is 0.621. The van der Waals surface area contributed by atoms with Crippen LogP contribution in [0.2, 0.25) is 0 Å². The molecule has 0 bridgehead atoms. The zero-order chi connectivity index (χ0) is 15.0.